The number of benzene rings is 2. The molecule has 0 unspecified atom stereocenters. The molecular weight excluding hydrogens is 408 g/mol. The van der Waals surface area contributed by atoms with E-state index in [1.54, 1.807) is 18.2 Å². The molecule has 0 saturated heterocycles. The van der Waals surface area contributed by atoms with Gasteiger partial charge in [-0.25, -0.2) is 0 Å². The predicted molar refractivity (Wildman–Crippen MR) is 77.3 cm³/mol. The molecule has 2 aromatic rings. The van der Waals surface area contributed by atoms with E-state index in [1.165, 1.54) is 6.07 Å². The molecule has 2 aromatic carbocycles. The number of halogens is 6. The zero-order valence-corrected chi connectivity index (χ0v) is 13.2. The Hall–Kier alpha value is -0.520. The van der Waals surface area contributed by atoms with Gasteiger partial charge in [0.2, 0.25) is 0 Å². The second-order valence-corrected chi connectivity index (χ2v) is 5.96. The van der Waals surface area contributed by atoms with Crippen LogP contribution in [-0.2, 0) is 6.18 Å². The van der Waals surface area contributed by atoms with Gasteiger partial charge in [0.05, 0.1) is 5.56 Å². The number of alkyl halides is 3. The topological polar surface area (TPSA) is 0 Å². The Balaban J connectivity index is 2.61. The van der Waals surface area contributed by atoms with E-state index in [4.69, 9.17) is 11.6 Å². The Morgan fingerprint density at radius 3 is 2.11 bits per heavy atom. The molecule has 0 N–H and O–H groups in total. The summed E-state index contributed by atoms with van der Waals surface area (Å²) in [7, 11) is 0. The zero-order valence-electron chi connectivity index (χ0n) is 9.23. The van der Waals surface area contributed by atoms with Crippen molar-refractivity contribution in [2.24, 2.45) is 0 Å². The van der Waals surface area contributed by atoms with Crippen molar-refractivity contribution in [2.45, 2.75) is 6.18 Å². The summed E-state index contributed by atoms with van der Waals surface area (Å²) in [5, 5.41) is 0.513. The number of rotatable bonds is 1. The first-order chi connectivity index (χ1) is 8.79. The largest absolute Gasteiger partial charge is 0.416 e. The Morgan fingerprint density at radius 2 is 1.53 bits per heavy atom. The fraction of sp³-hybridized carbons (Fsp3) is 0.0769. The van der Waals surface area contributed by atoms with Gasteiger partial charge in [0.15, 0.2) is 0 Å². The molecule has 2 rings (SSSR count). The van der Waals surface area contributed by atoms with Crippen LogP contribution in [0.1, 0.15) is 5.56 Å². The van der Waals surface area contributed by atoms with Crippen LogP contribution < -0.4 is 0 Å². The highest BCUT2D eigenvalue weighted by Gasteiger charge is 2.31. The van der Waals surface area contributed by atoms with Crippen LogP contribution >= 0.6 is 43.5 Å². The molecule has 0 aromatic heterocycles. The van der Waals surface area contributed by atoms with Gasteiger partial charge < -0.3 is 0 Å². The van der Waals surface area contributed by atoms with Gasteiger partial charge >= 0.3 is 6.18 Å². The summed E-state index contributed by atoms with van der Waals surface area (Å²) in [6.07, 6.45) is -4.37. The van der Waals surface area contributed by atoms with Crippen LogP contribution in [0.15, 0.2) is 45.3 Å². The van der Waals surface area contributed by atoms with Crippen molar-refractivity contribution in [1.82, 2.24) is 0 Å². The third-order valence-corrected chi connectivity index (χ3v) is 4.10. The van der Waals surface area contributed by atoms with Gasteiger partial charge in [0.25, 0.3) is 0 Å². The van der Waals surface area contributed by atoms with Gasteiger partial charge in [-0.05, 0) is 41.5 Å². The Kier molecular flexibility index (Phi) is 4.28. The number of hydrogen-bond donors (Lipinski definition) is 0. The van der Waals surface area contributed by atoms with Crippen LogP contribution in [0.2, 0.25) is 5.02 Å². The highest BCUT2D eigenvalue weighted by Crippen LogP contribution is 2.39. The van der Waals surface area contributed by atoms with Gasteiger partial charge in [0.1, 0.15) is 0 Å². The Morgan fingerprint density at radius 1 is 0.842 bits per heavy atom. The van der Waals surface area contributed by atoms with Gasteiger partial charge in [0, 0.05) is 14.0 Å². The molecule has 0 bridgehead atoms. The maximum atomic E-state index is 12.7. The van der Waals surface area contributed by atoms with Crippen molar-refractivity contribution >= 4 is 43.5 Å². The molecule has 0 saturated carbocycles. The smallest absolute Gasteiger partial charge is 0.166 e. The second-order valence-electron chi connectivity index (χ2n) is 3.82. The van der Waals surface area contributed by atoms with Crippen LogP contribution in [0.25, 0.3) is 11.1 Å². The van der Waals surface area contributed by atoms with E-state index in [0.717, 1.165) is 12.1 Å². The molecule has 0 aliphatic rings. The minimum absolute atomic E-state index is 0.457. The van der Waals surface area contributed by atoms with E-state index in [-0.39, 0.29) is 0 Å². The molecule has 0 aliphatic heterocycles. The number of hydrogen-bond acceptors (Lipinski definition) is 0. The summed E-state index contributed by atoms with van der Waals surface area (Å²) < 4.78 is 39.4. The first kappa shape index (κ1) is 14.9. The molecule has 19 heavy (non-hydrogen) atoms. The fourth-order valence-electron chi connectivity index (χ4n) is 1.62. The second kappa shape index (κ2) is 5.46. The summed E-state index contributed by atoms with van der Waals surface area (Å²) in [6.45, 7) is 0. The minimum atomic E-state index is -4.37. The normalized spacial score (nSPS) is 11.7. The highest BCUT2D eigenvalue weighted by molar-refractivity contribution is 9.11. The molecule has 100 valence electrons. The molecule has 0 fully saturated rings. The lowest BCUT2D eigenvalue weighted by Crippen LogP contribution is -2.04. The van der Waals surface area contributed by atoms with Crippen LogP contribution in [0.4, 0.5) is 13.2 Å². The SMILES string of the molecule is FC(F)(F)c1ccc(Br)c(-c2ccc(Cl)cc2Br)c1. The van der Waals surface area contributed by atoms with Gasteiger partial charge in [-0.3, -0.25) is 0 Å². The van der Waals surface area contributed by atoms with Crippen molar-refractivity contribution < 1.29 is 13.2 Å². The highest BCUT2D eigenvalue weighted by atomic mass is 79.9. The zero-order chi connectivity index (χ0) is 14.2. The van der Waals surface area contributed by atoms with Crippen molar-refractivity contribution in [3.63, 3.8) is 0 Å². The Bertz CT molecular complexity index is 624. The maximum Gasteiger partial charge on any atom is 0.416 e. The van der Waals surface area contributed by atoms with E-state index in [1.807, 2.05) is 0 Å². The lowest BCUT2D eigenvalue weighted by atomic mass is 10.0. The van der Waals surface area contributed by atoms with E-state index in [9.17, 15) is 13.2 Å². The van der Waals surface area contributed by atoms with Gasteiger partial charge in [-0.1, -0.05) is 49.5 Å². The molecule has 0 radical (unpaired) electrons. The first-order valence-electron chi connectivity index (χ1n) is 5.11. The molecule has 0 spiro atoms. The lowest BCUT2D eigenvalue weighted by Gasteiger charge is -2.12. The third-order valence-electron chi connectivity index (χ3n) is 2.51. The molecule has 0 nitrogen and oxygen atoms in total. The summed E-state index contributed by atoms with van der Waals surface area (Å²) in [6, 6.07) is 8.49. The van der Waals surface area contributed by atoms with Gasteiger partial charge in [-0.2, -0.15) is 13.2 Å². The van der Waals surface area contributed by atoms with E-state index in [2.05, 4.69) is 31.9 Å². The van der Waals surface area contributed by atoms with E-state index < -0.39 is 11.7 Å². The minimum Gasteiger partial charge on any atom is -0.166 e. The van der Waals surface area contributed by atoms with Crippen LogP contribution in [-0.4, -0.2) is 0 Å². The maximum absolute atomic E-state index is 12.7. The molecule has 0 atom stereocenters. The molecule has 0 aliphatic carbocycles. The first-order valence-corrected chi connectivity index (χ1v) is 7.07. The molecule has 0 amide bonds. The van der Waals surface area contributed by atoms with Crippen molar-refractivity contribution in [3.8, 4) is 11.1 Å². The quantitative estimate of drug-likeness (QED) is 0.496. The molecule has 6 heteroatoms. The average molecular weight is 414 g/mol. The van der Waals surface area contributed by atoms with Gasteiger partial charge in [-0.15, -0.1) is 0 Å². The summed E-state index contributed by atoms with van der Waals surface area (Å²) >= 11 is 12.4. The predicted octanol–water partition coefficient (Wildman–Crippen LogP) is 6.55. The molecular formula is C13H6Br2ClF3. The summed E-state index contributed by atoms with van der Waals surface area (Å²) in [4.78, 5) is 0. The summed E-state index contributed by atoms with van der Waals surface area (Å²) in [5.41, 5.74) is 0.410. The third kappa shape index (κ3) is 3.33. The van der Waals surface area contributed by atoms with Crippen LogP contribution in [0.5, 0.6) is 0 Å². The van der Waals surface area contributed by atoms with Crippen molar-refractivity contribution in [1.29, 1.82) is 0 Å². The summed E-state index contributed by atoms with van der Waals surface area (Å²) in [5.74, 6) is 0. The standard InChI is InChI=1S/C13H6Br2ClF3/c14-11-4-1-7(13(17,18)19)5-10(11)9-3-2-8(16)6-12(9)15/h1-6H. The average Bonchev–Trinajstić information content (AvgIpc) is 2.29. The van der Waals surface area contributed by atoms with E-state index in [0.29, 0.717) is 25.1 Å². The van der Waals surface area contributed by atoms with Crippen molar-refractivity contribution in [3.05, 3.63) is 55.9 Å². The van der Waals surface area contributed by atoms with Crippen LogP contribution in [0, 0.1) is 0 Å². The Labute approximate surface area is 129 Å². The van der Waals surface area contributed by atoms with Crippen LogP contribution in [0.3, 0.4) is 0 Å². The van der Waals surface area contributed by atoms with E-state index >= 15 is 0 Å². The van der Waals surface area contributed by atoms with Crippen molar-refractivity contribution in [2.75, 3.05) is 0 Å². The monoisotopic (exact) mass is 412 g/mol. The fourth-order valence-corrected chi connectivity index (χ4v) is 2.97. The lowest BCUT2D eigenvalue weighted by molar-refractivity contribution is -0.137. The molecule has 0 heterocycles.